The van der Waals surface area contributed by atoms with Crippen molar-refractivity contribution in [3.05, 3.63) is 47.8 Å². The van der Waals surface area contributed by atoms with Crippen LogP contribution in [0.25, 0.3) is 11.8 Å². The van der Waals surface area contributed by atoms with Gasteiger partial charge in [0.05, 0.1) is 11.9 Å². The van der Waals surface area contributed by atoms with Crippen molar-refractivity contribution >= 4 is 12.0 Å². The lowest BCUT2D eigenvalue weighted by Crippen LogP contribution is -2.12. The van der Waals surface area contributed by atoms with E-state index in [1.54, 1.807) is 6.07 Å². The molecular formula is C12H9N5O. The zero-order valence-corrected chi connectivity index (χ0v) is 9.32. The maximum atomic E-state index is 10.9. The Balaban J connectivity index is 2.33. The molecule has 1 heterocycles. The maximum Gasteiger partial charge on any atom is 0.259 e. The minimum Gasteiger partial charge on any atom is -0.365 e. The van der Waals surface area contributed by atoms with E-state index in [1.165, 1.54) is 17.1 Å². The van der Waals surface area contributed by atoms with Crippen molar-refractivity contribution in [2.24, 2.45) is 5.73 Å². The smallest absolute Gasteiger partial charge is 0.259 e. The molecule has 18 heavy (non-hydrogen) atoms. The molecule has 0 spiro atoms. The Hall–Kier alpha value is -2.94. The van der Waals surface area contributed by atoms with Gasteiger partial charge in [-0.05, 0) is 18.2 Å². The van der Waals surface area contributed by atoms with E-state index in [-0.39, 0.29) is 5.57 Å². The summed E-state index contributed by atoms with van der Waals surface area (Å²) in [5.74, 6) is -0.785. The maximum absolute atomic E-state index is 10.9. The summed E-state index contributed by atoms with van der Waals surface area (Å²) in [6, 6.07) is 11.0. The van der Waals surface area contributed by atoms with Crippen LogP contribution in [0.1, 0.15) is 5.69 Å². The Labute approximate surface area is 103 Å². The normalized spacial score (nSPS) is 10.9. The van der Waals surface area contributed by atoms with Crippen LogP contribution in [0.4, 0.5) is 0 Å². The number of carbonyl (C=O) groups excluding carboxylic acids is 1. The van der Waals surface area contributed by atoms with Crippen LogP contribution in [0.5, 0.6) is 0 Å². The molecule has 0 fully saturated rings. The second-order valence-corrected chi connectivity index (χ2v) is 3.43. The average Bonchev–Trinajstić information content (AvgIpc) is 2.85. The Bertz CT molecular complexity index is 636. The molecule has 0 aliphatic rings. The number of aromatic nitrogens is 3. The van der Waals surface area contributed by atoms with Crippen LogP contribution in [-0.4, -0.2) is 20.9 Å². The molecule has 6 heteroatoms. The molecule has 0 aliphatic heterocycles. The van der Waals surface area contributed by atoms with Gasteiger partial charge in [-0.3, -0.25) is 4.79 Å². The van der Waals surface area contributed by atoms with Gasteiger partial charge in [0.2, 0.25) is 0 Å². The second-order valence-electron chi connectivity index (χ2n) is 3.43. The van der Waals surface area contributed by atoms with Gasteiger partial charge in [0.1, 0.15) is 17.3 Å². The SMILES string of the molecule is N#C/C(=C/c1cnn(-c2ccccc2)n1)C(N)=O. The molecule has 1 aromatic carbocycles. The molecule has 88 valence electrons. The predicted molar refractivity (Wildman–Crippen MR) is 64.1 cm³/mol. The van der Waals surface area contributed by atoms with E-state index >= 15 is 0 Å². The molecule has 1 amide bonds. The second kappa shape index (κ2) is 4.93. The van der Waals surface area contributed by atoms with Gasteiger partial charge in [-0.15, -0.1) is 5.10 Å². The van der Waals surface area contributed by atoms with Gasteiger partial charge >= 0.3 is 0 Å². The first kappa shape index (κ1) is 11.5. The molecule has 2 rings (SSSR count). The highest BCUT2D eigenvalue weighted by Gasteiger charge is 2.06. The summed E-state index contributed by atoms with van der Waals surface area (Å²) < 4.78 is 0. The molecule has 0 saturated heterocycles. The van der Waals surface area contributed by atoms with Crippen LogP contribution in [0.15, 0.2) is 42.1 Å². The monoisotopic (exact) mass is 239 g/mol. The number of hydrogen-bond donors (Lipinski definition) is 1. The molecule has 0 unspecified atom stereocenters. The van der Waals surface area contributed by atoms with Crippen molar-refractivity contribution in [3.63, 3.8) is 0 Å². The van der Waals surface area contributed by atoms with E-state index in [0.717, 1.165) is 5.69 Å². The molecule has 0 atom stereocenters. The molecule has 0 bridgehead atoms. The summed E-state index contributed by atoms with van der Waals surface area (Å²) >= 11 is 0. The Morgan fingerprint density at radius 3 is 2.72 bits per heavy atom. The average molecular weight is 239 g/mol. The van der Waals surface area contributed by atoms with Gasteiger partial charge in [-0.2, -0.15) is 15.2 Å². The summed E-state index contributed by atoms with van der Waals surface area (Å²) in [5.41, 5.74) is 6.06. The first-order chi connectivity index (χ1) is 8.70. The highest BCUT2D eigenvalue weighted by molar-refractivity contribution is 6.00. The lowest BCUT2D eigenvalue weighted by molar-refractivity contribution is -0.114. The Morgan fingerprint density at radius 2 is 2.11 bits per heavy atom. The van der Waals surface area contributed by atoms with Crippen molar-refractivity contribution in [1.29, 1.82) is 5.26 Å². The summed E-state index contributed by atoms with van der Waals surface area (Å²) in [7, 11) is 0. The van der Waals surface area contributed by atoms with Crippen molar-refractivity contribution < 1.29 is 4.79 Å². The quantitative estimate of drug-likeness (QED) is 0.628. The van der Waals surface area contributed by atoms with Crippen molar-refractivity contribution in [2.45, 2.75) is 0 Å². The van der Waals surface area contributed by atoms with Gasteiger partial charge in [0.25, 0.3) is 5.91 Å². The minimum absolute atomic E-state index is 0.157. The number of hydrogen-bond acceptors (Lipinski definition) is 4. The van der Waals surface area contributed by atoms with Gasteiger partial charge < -0.3 is 5.73 Å². The highest BCUT2D eigenvalue weighted by Crippen LogP contribution is 2.06. The Kier molecular flexibility index (Phi) is 3.16. The van der Waals surface area contributed by atoms with E-state index in [2.05, 4.69) is 10.2 Å². The summed E-state index contributed by atoms with van der Waals surface area (Å²) in [6.07, 6.45) is 2.75. The van der Waals surface area contributed by atoms with Gasteiger partial charge in [-0.25, -0.2) is 0 Å². The topological polar surface area (TPSA) is 97.6 Å². The molecule has 0 saturated carbocycles. The molecule has 0 aliphatic carbocycles. The largest absolute Gasteiger partial charge is 0.365 e. The number of carbonyl (C=O) groups is 1. The third-order valence-corrected chi connectivity index (χ3v) is 2.17. The summed E-state index contributed by atoms with van der Waals surface area (Å²) in [5, 5.41) is 16.9. The molecule has 2 aromatic rings. The lowest BCUT2D eigenvalue weighted by atomic mass is 10.2. The fourth-order valence-corrected chi connectivity index (χ4v) is 1.33. The fourth-order valence-electron chi connectivity index (χ4n) is 1.33. The zero-order chi connectivity index (χ0) is 13.0. The van der Waals surface area contributed by atoms with E-state index < -0.39 is 5.91 Å². The fraction of sp³-hybridized carbons (Fsp3) is 0. The highest BCUT2D eigenvalue weighted by atomic mass is 16.1. The molecule has 0 radical (unpaired) electrons. The van der Waals surface area contributed by atoms with Crippen molar-refractivity contribution in [2.75, 3.05) is 0 Å². The lowest BCUT2D eigenvalue weighted by Gasteiger charge is -1.96. The van der Waals surface area contributed by atoms with Crippen LogP contribution in [0.3, 0.4) is 0 Å². The molecule has 1 aromatic heterocycles. The Morgan fingerprint density at radius 1 is 1.39 bits per heavy atom. The van der Waals surface area contributed by atoms with Crippen molar-refractivity contribution in [3.8, 4) is 11.8 Å². The first-order valence-electron chi connectivity index (χ1n) is 5.10. The number of rotatable bonds is 3. The molecule has 2 N–H and O–H groups in total. The van der Waals surface area contributed by atoms with Crippen molar-refractivity contribution in [1.82, 2.24) is 15.0 Å². The number of amides is 1. The van der Waals surface area contributed by atoms with E-state index in [1.807, 2.05) is 30.3 Å². The van der Waals surface area contributed by atoms with E-state index in [4.69, 9.17) is 11.0 Å². The van der Waals surface area contributed by atoms with Gasteiger partial charge in [-0.1, -0.05) is 18.2 Å². The van der Waals surface area contributed by atoms with Crippen LogP contribution in [0, 0.1) is 11.3 Å². The van der Waals surface area contributed by atoms with Gasteiger partial charge in [0.15, 0.2) is 0 Å². The standard InChI is InChI=1S/C12H9N5O/c13-7-9(12(14)18)6-10-8-15-17(16-10)11-4-2-1-3-5-11/h1-6,8H,(H2,14,18)/b9-6-. The molecular weight excluding hydrogens is 230 g/mol. The van der Waals surface area contributed by atoms with Crippen LogP contribution < -0.4 is 5.73 Å². The summed E-state index contributed by atoms with van der Waals surface area (Å²) in [4.78, 5) is 12.3. The van der Waals surface area contributed by atoms with Crippen LogP contribution in [-0.2, 0) is 4.79 Å². The number of para-hydroxylation sites is 1. The minimum atomic E-state index is -0.785. The van der Waals surface area contributed by atoms with Crippen LogP contribution in [0.2, 0.25) is 0 Å². The van der Waals surface area contributed by atoms with E-state index in [9.17, 15) is 4.79 Å². The zero-order valence-electron chi connectivity index (χ0n) is 9.32. The third kappa shape index (κ3) is 2.41. The first-order valence-corrected chi connectivity index (χ1v) is 5.10. The third-order valence-electron chi connectivity index (χ3n) is 2.17. The number of nitrogens with two attached hydrogens (primary N) is 1. The number of nitriles is 1. The number of benzene rings is 1. The molecule has 6 nitrogen and oxygen atoms in total. The number of primary amides is 1. The predicted octanol–water partition coefficient (Wildman–Crippen LogP) is 0.660. The van der Waals surface area contributed by atoms with E-state index in [0.29, 0.717) is 5.69 Å². The van der Waals surface area contributed by atoms with Gasteiger partial charge in [0, 0.05) is 0 Å². The number of nitrogens with zero attached hydrogens (tertiary/aromatic N) is 4. The van der Waals surface area contributed by atoms with Crippen LogP contribution >= 0.6 is 0 Å². The summed E-state index contributed by atoms with van der Waals surface area (Å²) in [6.45, 7) is 0.